The van der Waals surface area contributed by atoms with Gasteiger partial charge in [0.15, 0.2) is 0 Å². The predicted octanol–water partition coefficient (Wildman–Crippen LogP) is 1.73. The molecule has 0 radical (unpaired) electrons. The largest absolute Gasteiger partial charge is 0.486 e. The topological polar surface area (TPSA) is 66.0 Å². The van der Waals surface area contributed by atoms with E-state index in [1.807, 2.05) is 24.7 Å². The van der Waals surface area contributed by atoms with Crippen molar-refractivity contribution in [1.29, 1.82) is 0 Å². The number of pyridine rings is 1. The first-order valence-corrected chi connectivity index (χ1v) is 6.10. The molecule has 2 aromatic heterocycles. The van der Waals surface area contributed by atoms with E-state index in [0.717, 1.165) is 30.1 Å². The van der Waals surface area contributed by atoms with Crippen molar-refractivity contribution in [3.63, 3.8) is 0 Å². The number of hydrogen-bond donors (Lipinski definition) is 1. The first kappa shape index (κ1) is 12.6. The second-order valence-corrected chi connectivity index (χ2v) is 4.06. The van der Waals surface area contributed by atoms with E-state index in [9.17, 15) is 0 Å². The number of hydrogen-bond acceptors (Lipinski definition) is 4. The fourth-order valence-corrected chi connectivity index (χ4v) is 1.68. The third kappa shape index (κ3) is 3.07. The Kier molecular flexibility index (Phi) is 4.30. The molecule has 0 aliphatic carbocycles. The molecule has 0 atom stereocenters. The highest BCUT2D eigenvalue weighted by molar-refractivity contribution is 5.20. The van der Waals surface area contributed by atoms with Gasteiger partial charge >= 0.3 is 0 Å². The first-order chi connectivity index (χ1) is 8.83. The van der Waals surface area contributed by atoms with Gasteiger partial charge in [0.2, 0.25) is 0 Å². The molecular formula is C13H18N4O. The van der Waals surface area contributed by atoms with Crippen molar-refractivity contribution in [3.8, 4) is 5.75 Å². The molecule has 0 fully saturated rings. The van der Waals surface area contributed by atoms with Crippen molar-refractivity contribution in [2.75, 3.05) is 0 Å². The lowest BCUT2D eigenvalue weighted by Gasteiger charge is -2.08. The van der Waals surface area contributed by atoms with Gasteiger partial charge < -0.3 is 15.0 Å². The molecule has 5 heteroatoms. The summed E-state index contributed by atoms with van der Waals surface area (Å²) in [5.74, 6) is 0.747. The molecule has 2 N–H and O–H groups in total. The van der Waals surface area contributed by atoms with Gasteiger partial charge in [-0.15, -0.1) is 0 Å². The minimum Gasteiger partial charge on any atom is -0.486 e. The molecule has 0 saturated carbocycles. The second kappa shape index (κ2) is 6.16. The molecule has 0 bridgehead atoms. The molecule has 0 aliphatic rings. The molecule has 0 aliphatic heterocycles. The van der Waals surface area contributed by atoms with E-state index in [0.29, 0.717) is 13.2 Å². The number of ether oxygens (including phenoxy) is 1. The highest BCUT2D eigenvalue weighted by Gasteiger charge is 2.02. The summed E-state index contributed by atoms with van der Waals surface area (Å²) in [5, 5.41) is 0. The molecule has 0 amide bonds. The van der Waals surface area contributed by atoms with Gasteiger partial charge in [-0.1, -0.05) is 6.92 Å². The standard InChI is InChI=1S/C13H18N4O/c1-2-5-17-10-15-7-12(17)9-18-13-4-3-11(6-14)16-8-13/h3-4,7-8,10H,2,5-6,9,14H2,1H3. The van der Waals surface area contributed by atoms with Crippen molar-refractivity contribution in [3.05, 3.63) is 42.2 Å². The maximum Gasteiger partial charge on any atom is 0.138 e. The zero-order chi connectivity index (χ0) is 12.8. The number of rotatable bonds is 6. The molecule has 2 heterocycles. The minimum atomic E-state index is 0.448. The molecule has 0 saturated heterocycles. The summed E-state index contributed by atoms with van der Waals surface area (Å²) < 4.78 is 7.77. The Labute approximate surface area is 107 Å². The Bertz CT molecular complexity index is 478. The molecule has 5 nitrogen and oxygen atoms in total. The Balaban J connectivity index is 1.95. The number of nitrogens with two attached hydrogens (primary N) is 1. The van der Waals surface area contributed by atoms with E-state index in [1.165, 1.54) is 0 Å². The monoisotopic (exact) mass is 246 g/mol. The van der Waals surface area contributed by atoms with Crippen LogP contribution in [0.4, 0.5) is 0 Å². The van der Waals surface area contributed by atoms with Crippen LogP contribution in [0, 0.1) is 0 Å². The van der Waals surface area contributed by atoms with Crippen LogP contribution < -0.4 is 10.5 Å². The van der Waals surface area contributed by atoms with E-state index in [2.05, 4.69) is 21.5 Å². The van der Waals surface area contributed by atoms with Crippen LogP contribution in [0.25, 0.3) is 0 Å². The fourth-order valence-electron chi connectivity index (χ4n) is 1.68. The zero-order valence-corrected chi connectivity index (χ0v) is 10.5. The average molecular weight is 246 g/mol. The first-order valence-electron chi connectivity index (χ1n) is 6.10. The highest BCUT2D eigenvalue weighted by atomic mass is 16.5. The smallest absolute Gasteiger partial charge is 0.138 e. The van der Waals surface area contributed by atoms with Crippen LogP contribution in [-0.4, -0.2) is 14.5 Å². The second-order valence-electron chi connectivity index (χ2n) is 4.06. The molecule has 96 valence electrons. The summed E-state index contributed by atoms with van der Waals surface area (Å²) in [6.45, 7) is 4.05. The maximum absolute atomic E-state index is 5.67. The molecule has 0 aromatic carbocycles. The Morgan fingerprint density at radius 1 is 1.33 bits per heavy atom. The van der Waals surface area contributed by atoms with Gasteiger partial charge in [-0.05, 0) is 18.6 Å². The van der Waals surface area contributed by atoms with Gasteiger partial charge in [0.25, 0.3) is 0 Å². The Morgan fingerprint density at radius 2 is 2.22 bits per heavy atom. The van der Waals surface area contributed by atoms with Crippen LogP contribution in [0.5, 0.6) is 5.75 Å². The lowest BCUT2D eigenvalue weighted by molar-refractivity contribution is 0.293. The average Bonchev–Trinajstić information content (AvgIpc) is 2.85. The zero-order valence-electron chi connectivity index (χ0n) is 10.5. The summed E-state index contributed by atoms with van der Waals surface area (Å²) in [5.41, 5.74) is 7.42. The van der Waals surface area contributed by atoms with Crippen molar-refractivity contribution >= 4 is 0 Å². The van der Waals surface area contributed by atoms with Crippen LogP contribution in [-0.2, 0) is 19.7 Å². The number of aryl methyl sites for hydroxylation is 1. The van der Waals surface area contributed by atoms with Crippen LogP contribution >= 0.6 is 0 Å². The summed E-state index contributed by atoms with van der Waals surface area (Å²) in [7, 11) is 0. The van der Waals surface area contributed by atoms with Crippen LogP contribution in [0.2, 0.25) is 0 Å². The number of aromatic nitrogens is 3. The van der Waals surface area contributed by atoms with E-state index in [4.69, 9.17) is 10.5 Å². The fraction of sp³-hybridized carbons (Fsp3) is 0.385. The summed E-state index contributed by atoms with van der Waals surface area (Å²) >= 11 is 0. The third-order valence-corrected chi connectivity index (χ3v) is 2.66. The summed E-state index contributed by atoms with van der Waals surface area (Å²) in [6.07, 6.45) is 6.44. The summed E-state index contributed by atoms with van der Waals surface area (Å²) in [4.78, 5) is 8.31. The predicted molar refractivity (Wildman–Crippen MR) is 69.0 cm³/mol. The molecular weight excluding hydrogens is 228 g/mol. The van der Waals surface area contributed by atoms with E-state index in [-0.39, 0.29) is 0 Å². The maximum atomic E-state index is 5.67. The molecule has 2 rings (SSSR count). The minimum absolute atomic E-state index is 0.448. The number of imidazole rings is 1. The molecule has 2 aromatic rings. The normalized spacial score (nSPS) is 10.6. The molecule has 0 spiro atoms. The van der Waals surface area contributed by atoms with Crippen molar-refractivity contribution in [2.24, 2.45) is 5.73 Å². The van der Waals surface area contributed by atoms with E-state index < -0.39 is 0 Å². The van der Waals surface area contributed by atoms with Gasteiger partial charge in [-0.2, -0.15) is 0 Å². The van der Waals surface area contributed by atoms with Crippen molar-refractivity contribution in [1.82, 2.24) is 14.5 Å². The van der Waals surface area contributed by atoms with Crippen LogP contribution in [0.3, 0.4) is 0 Å². The Hall–Kier alpha value is -1.88. The van der Waals surface area contributed by atoms with E-state index >= 15 is 0 Å². The number of nitrogens with zero attached hydrogens (tertiary/aromatic N) is 3. The lowest BCUT2D eigenvalue weighted by Crippen LogP contribution is -2.05. The van der Waals surface area contributed by atoms with Gasteiger partial charge in [0.05, 0.1) is 30.1 Å². The van der Waals surface area contributed by atoms with Crippen molar-refractivity contribution < 1.29 is 4.74 Å². The quantitative estimate of drug-likeness (QED) is 0.843. The summed E-state index contributed by atoms with van der Waals surface area (Å²) in [6, 6.07) is 3.76. The van der Waals surface area contributed by atoms with Gasteiger partial charge in [0, 0.05) is 13.1 Å². The van der Waals surface area contributed by atoms with Crippen LogP contribution in [0.1, 0.15) is 24.7 Å². The van der Waals surface area contributed by atoms with Gasteiger partial charge in [0.1, 0.15) is 12.4 Å². The molecule has 0 unspecified atom stereocenters. The Morgan fingerprint density at radius 3 is 2.89 bits per heavy atom. The van der Waals surface area contributed by atoms with E-state index in [1.54, 1.807) is 6.20 Å². The van der Waals surface area contributed by atoms with Gasteiger partial charge in [-0.3, -0.25) is 4.98 Å². The SMILES string of the molecule is CCCn1cncc1COc1ccc(CN)nc1. The van der Waals surface area contributed by atoms with Crippen LogP contribution in [0.15, 0.2) is 30.9 Å². The lowest BCUT2D eigenvalue weighted by atomic mass is 10.3. The highest BCUT2D eigenvalue weighted by Crippen LogP contribution is 2.12. The third-order valence-electron chi connectivity index (χ3n) is 2.66. The molecule has 18 heavy (non-hydrogen) atoms. The van der Waals surface area contributed by atoms with Gasteiger partial charge in [-0.25, -0.2) is 4.98 Å². The van der Waals surface area contributed by atoms with Crippen molar-refractivity contribution in [2.45, 2.75) is 33.0 Å².